The van der Waals surface area contributed by atoms with E-state index in [1.54, 1.807) is 13.8 Å². The van der Waals surface area contributed by atoms with E-state index in [2.05, 4.69) is 17.4 Å². The Bertz CT molecular complexity index is 496. The van der Waals surface area contributed by atoms with Crippen LogP contribution >= 0.6 is 0 Å². The molecule has 110 valence electrons. The number of rotatable bonds is 5. The zero-order chi connectivity index (χ0) is 14.8. The molecule has 0 heterocycles. The average Bonchev–Trinajstić information content (AvgIpc) is 2.44. The summed E-state index contributed by atoms with van der Waals surface area (Å²) in [5.41, 5.74) is 1.77. The van der Waals surface area contributed by atoms with Gasteiger partial charge in [-0.3, -0.25) is 4.79 Å². The zero-order valence-electron chi connectivity index (χ0n) is 12.4. The average molecular weight is 277 g/mol. The number of carboxylic acid groups (broad SMARTS) is 1. The van der Waals surface area contributed by atoms with Crippen molar-refractivity contribution in [3.63, 3.8) is 0 Å². The lowest BCUT2D eigenvalue weighted by atomic mass is 9.87. The minimum Gasteiger partial charge on any atom is -0.492 e. The van der Waals surface area contributed by atoms with Gasteiger partial charge >= 0.3 is 5.97 Å². The number of nitrogens with one attached hydrogen (secondary N) is 1. The van der Waals surface area contributed by atoms with Gasteiger partial charge in [0, 0.05) is 6.04 Å². The number of hydrogen-bond donors (Lipinski definition) is 2. The highest BCUT2D eigenvalue weighted by molar-refractivity contribution is 5.73. The summed E-state index contributed by atoms with van der Waals surface area (Å²) >= 11 is 0. The largest absolute Gasteiger partial charge is 0.492 e. The second-order valence-electron chi connectivity index (χ2n) is 6.07. The fraction of sp³-hybridized carbons (Fsp3) is 0.562. The van der Waals surface area contributed by atoms with Crippen molar-refractivity contribution >= 4 is 5.97 Å². The molecular formula is C16H23NO3. The molecule has 1 aliphatic rings. The third kappa shape index (κ3) is 3.12. The number of fused-ring (bicyclic) bond motifs is 1. The lowest BCUT2D eigenvalue weighted by Crippen LogP contribution is -2.30. The van der Waals surface area contributed by atoms with Crippen molar-refractivity contribution in [3.8, 4) is 5.75 Å². The van der Waals surface area contributed by atoms with Crippen LogP contribution in [-0.4, -0.2) is 24.7 Å². The molecule has 1 aromatic carbocycles. The molecule has 0 spiro atoms. The van der Waals surface area contributed by atoms with Crippen LogP contribution in [0.15, 0.2) is 18.2 Å². The minimum absolute atomic E-state index is 0.177. The number of carbonyl (C=O) groups is 1. The van der Waals surface area contributed by atoms with Gasteiger partial charge in [0.15, 0.2) is 0 Å². The van der Waals surface area contributed by atoms with E-state index in [0.717, 1.165) is 18.6 Å². The second-order valence-corrected chi connectivity index (χ2v) is 6.07. The van der Waals surface area contributed by atoms with Crippen molar-refractivity contribution in [2.45, 2.75) is 39.2 Å². The molecule has 0 saturated heterocycles. The Hall–Kier alpha value is -1.55. The van der Waals surface area contributed by atoms with Crippen molar-refractivity contribution in [1.29, 1.82) is 0 Å². The molecular weight excluding hydrogens is 254 g/mol. The van der Waals surface area contributed by atoms with Crippen LogP contribution in [0.1, 0.15) is 43.9 Å². The highest BCUT2D eigenvalue weighted by Gasteiger charge is 2.28. The molecule has 4 nitrogen and oxygen atoms in total. The SMILES string of the molecule is CNC1CCCc2cc(OCC(C)(C)C(=O)O)ccc21. The van der Waals surface area contributed by atoms with Crippen LogP contribution in [0.5, 0.6) is 5.75 Å². The van der Waals surface area contributed by atoms with E-state index >= 15 is 0 Å². The molecule has 0 aliphatic heterocycles. The summed E-state index contributed by atoms with van der Waals surface area (Å²) in [4.78, 5) is 11.1. The molecule has 0 saturated carbocycles. The van der Waals surface area contributed by atoms with E-state index in [0.29, 0.717) is 6.04 Å². The van der Waals surface area contributed by atoms with Gasteiger partial charge in [0.25, 0.3) is 0 Å². The van der Waals surface area contributed by atoms with Crippen LogP contribution in [0, 0.1) is 5.41 Å². The number of aliphatic carboxylic acids is 1. The molecule has 0 bridgehead atoms. The predicted molar refractivity (Wildman–Crippen MR) is 78.1 cm³/mol. The number of ether oxygens (including phenoxy) is 1. The fourth-order valence-corrected chi connectivity index (χ4v) is 2.51. The van der Waals surface area contributed by atoms with Crippen LogP contribution in [0.2, 0.25) is 0 Å². The van der Waals surface area contributed by atoms with E-state index < -0.39 is 11.4 Å². The summed E-state index contributed by atoms with van der Waals surface area (Å²) in [6, 6.07) is 6.50. The first kappa shape index (κ1) is 14.9. The standard InChI is InChI=1S/C16H23NO3/c1-16(2,15(18)19)10-20-12-7-8-13-11(9-12)5-4-6-14(13)17-3/h7-9,14,17H,4-6,10H2,1-3H3,(H,18,19). The van der Waals surface area contributed by atoms with Gasteiger partial charge in [-0.2, -0.15) is 0 Å². The monoisotopic (exact) mass is 277 g/mol. The number of benzene rings is 1. The summed E-state index contributed by atoms with van der Waals surface area (Å²) in [6.45, 7) is 3.52. The Balaban J connectivity index is 2.10. The predicted octanol–water partition coefficient (Wildman–Crippen LogP) is 2.77. The Morgan fingerprint density at radius 1 is 1.50 bits per heavy atom. The van der Waals surface area contributed by atoms with E-state index in [-0.39, 0.29) is 6.61 Å². The van der Waals surface area contributed by atoms with E-state index in [1.165, 1.54) is 17.5 Å². The molecule has 1 atom stereocenters. The Labute approximate surface area is 120 Å². The van der Waals surface area contributed by atoms with Gasteiger partial charge in [-0.25, -0.2) is 0 Å². The maximum Gasteiger partial charge on any atom is 0.312 e. The zero-order valence-corrected chi connectivity index (χ0v) is 12.4. The minimum atomic E-state index is -0.872. The van der Waals surface area contributed by atoms with Crippen LogP contribution in [0.3, 0.4) is 0 Å². The highest BCUT2D eigenvalue weighted by atomic mass is 16.5. The molecule has 1 aliphatic carbocycles. The van der Waals surface area contributed by atoms with Gasteiger partial charge in [-0.05, 0) is 63.4 Å². The first-order valence-electron chi connectivity index (χ1n) is 7.10. The van der Waals surface area contributed by atoms with Crippen molar-refractivity contribution in [3.05, 3.63) is 29.3 Å². The first-order valence-corrected chi connectivity index (χ1v) is 7.10. The van der Waals surface area contributed by atoms with Crippen molar-refractivity contribution < 1.29 is 14.6 Å². The Kier molecular flexibility index (Phi) is 4.33. The smallest absolute Gasteiger partial charge is 0.312 e. The molecule has 0 amide bonds. The molecule has 0 radical (unpaired) electrons. The third-order valence-corrected chi connectivity index (χ3v) is 3.96. The number of carboxylic acids is 1. The molecule has 2 rings (SSSR count). The number of aryl methyl sites for hydroxylation is 1. The molecule has 1 unspecified atom stereocenters. The Morgan fingerprint density at radius 2 is 2.25 bits per heavy atom. The van der Waals surface area contributed by atoms with Gasteiger partial charge in [-0.1, -0.05) is 6.07 Å². The second kappa shape index (κ2) is 5.83. The normalized spacial score (nSPS) is 18.4. The topological polar surface area (TPSA) is 58.6 Å². The molecule has 1 aromatic rings. The van der Waals surface area contributed by atoms with Crippen molar-refractivity contribution in [1.82, 2.24) is 5.32 Å². The molecule has 2 N–H and O–H groups in total. The summed E-state index contributed by atoms with van der Waals surface area (Å²) in [5.74, 6) is -0.0828. The maximum absolute atomic E-state index is 11.1. The van der Waals surface area contributed by atoms with Crippen LogP contribution in [0.25, 0.3) is 0 Å². The van der Waals surface area contributed by atoms with Crippen LogP contribution in [-0.2, 0) is 11.2 Å². The lowest BCUT2D eigenvalue weighted by molar-refractivity contribution is -0.148. The molecule has 0 aromatic heterocycles. The molecule has 4 heteroatoms. The highest BCUT2D eigenvalue weighted by Crippen LogP contribution is 2.32. The van der Waals surface area contributed by atoms with E-state index in [9.17, 15) is 4.79 Å². The quantitative estimate of drug-likeness (QED) is 0.869. The van der Waals surface area contributed by atoms with Gasteiger partial charge in [0.05, 0.1) is 5.41 Å². The van der Waals surface area contributed by atoms with Crippen LogP contribution in [0.4, 0.5) is 0 Å². The van der Waals surface area contributed by atoms with Gasteiger partial charge < -0.3 is 15.2 Å². The van der Waals surface area contributed by atoms with E-state index in [1.807, 2.05) is 13.1 Å². The lowest BCUT2D eigenvalue weighted by Gasteiger charge is -2.26. The summed E-state index contributed by atoms with van der Waals surface area (Å²) < 4.78 is 5.67. The maximum atomic E-state index is 11.1. The van der Waals surface area contributed by atoms with Crippen molar-refractivity contribution in [2.75, 3.05) is 13.7 Å². The molecule has 20 heavy (non-hydrogen) atoms. The summed E-state index contributed by atoms with van der Waals surface area (Å²) in [7, 11) is 1.99. The molecule has 0 fully saturated rings. The van der Waals surface area contributed by atoms with Gasteiger partial charge in [0.1, 0.15) is 12.4 Å². The van der Waals surface area contributed by atoms with Crippen LogP contribution < -0.4 is 10.1 Å². The number of hydrogen-bond acceptors (Lipinski definition) is 3. The summed E-state index contributed by atoms with van der Waals surface area (Å²) in [6.07, 6.45) is 3.39. The third-order valence-electron chi connectivity index (χ3n) is 3.96. The summed E-state index contributed by atoms with van der Waals surface area (Å²) in [5, 5.41) is 12.4. The fourth-order valence-electron chi connectivity index (χ4n) is 2.51. The Morgan fingerprint density at radius 3 is 2.90 bits per heavy atom. The van der Waals surface area contributed by atoms with Gasteiger partial charge in [-0.15, -0.1) is 0 Å². The van der Waals surface area contributed by atoms with Gasteiger partial charge in [0.2, 0.25) is 0 Å². The van der Waals surface area contributed by atoms with E-state index in [4.69, 9.17) is 9.84 Å². The van der Waals surface area contributed by atoms with Crippen molar-refractivity contribution in [2.24, 2.45) is 5.41 Å². The first-order chi connectivity index (χ1) is 9.44.